The molecule has 8 heteroatoms. The zero-order valence-corrected chi connectivity index (χ0v) is 51.3. The molecule has 0 atom stereocenters. The third kappa shape index (κ3) is 15.9. The molecule has 404 valence electrons. The largest absolute Gasteiger partial charge is 4.00 e. The molecule has 0 aliphatic rings. The van der Waals surface area contributed by atoms with Gasteiger partial charge >= 0.3 is 26.2 Å². The van der Waals surface area contributed by atoms with Crippen molar-refractivity contribution in [1.29, 1.82) is 0 Å². The Bertz CT molecular complexity index is 3070. The summed E-state index contributed by atoms with van der Waals surface area (Å²) >= 11 is 0. The van der Waals surface area contributed by atoms with Crippen molar-refractivity contribution in [3.63, 3.8) is 0 Å². The van der Waals surface area contributed by atoms with Crippen LogP contribution in [0.5, 0.6) is 0 Å². The summed E-state index contributed by atoms with van der Waals surface area (Å²) in [5, 5.41) is 48.6. The van der Waals surface area contributed by atoms with Crippen LogP contribution in [0.1, 0.15) is 169 Å². The van der Waals surface area contributed by atoms with E-state index in [2.05, 4.69) is 158 Å². The molecule has 9 aromatic rings. The van der Waals surface area contributed by atoms with Crippen LogP contribution in [0.4, 0.5) is 17.1 Å². The van der Waals surface area contributed by atoms with E-state index in [1.54, 1.807) is 14.1 Å². The van der Waals surface area contributed by atoms with Crippen LogP contribution in [0.3, 0.4) is 0 Å². The van der Waals surface area contributed by atoms with Gasteiger partial charge in [0, 0.05) is 0 Å². The van der Waals surface area contributed by atoms with Crippen LogP contribution in [0.25, 0.3) is 37.6 Å². The molecule has 0 amide bonds. The van der Waals surface area contributed by atoms with Crippen molar-refractivity contribution in [1.82, 2.24) is 0 Å². The second-order valence-electron chi connectivity index (χ2n) is 21.6. The first-order valence-corrected chi connectivity index (χ1v) is 27.5. The van der Waals surface area contributed by atoms with E-state index in [1.807, 2.05) is 127 Å². The van der Waals surface area contributed by atoms with Crippen molar-refractivity contribution in [2.45, 2.75) is 119 Å². The molecule has 0 bridgehead atoms. The van der Waals surface area contributed by atoms with Gasteiger partial charge in [-0.1, -0.05) is 265 Å². The maximum absolute atomic E-state index is 13.0. The van der Waals surface area contributed by atoms with E-state index in [4.69, 9.17) is 0 Å². The zero-order chi connectivity index (χ0) is 56.6. The molecule has 0 fully saturated rings. The summed E-state index contributed by atoms with van der Waals surface area (Å²) in [6.45, 7) is 25.7. The van der Waals surface area contributed by atoms with Crippen LogP contribution < -0.4 is 15.3 Å². The van der Waals surface area contributed by atoms with Crippen molar-refractivity contribution in [2.75, 3.05) is 14.1 Å². The van der Waals surface area contributed by atoms with Gasteiger partial charge in [-0.15, -0.1) is 0 Å². The summed E-state index contributed by atoms with van der Waals surface area (Å²) in [7, 11) is 3.50. The molecular weight excluding hydrogens is 1050 g/mol. The summed E-state index contributed by atoms with van der Waals surface area (Å²) in [4.78, 5) is 13.7. The van der Waals surface area contributed by atoms with Crippen molar-refractivity contribution < 1.29 is 41.5 Å². The number of hydrogen-bond donors (Lipinski definition) is 0. The first kappa shape index (κ1) is 62.9. The standard InChI is InChI=1S/3C23H25NO.C2H6N.Zr/c3*1-15(2)18-12-8-13-19(16(3)4)22(18)24-23(25)21-14-7-10-17-9-5-6-11-20(17)21;1-3-2;/h3*5-16H,1-4H3,(H,24,25);1-2H3;/q;;;-1;+4/p-3. The van der Waals surface area contributed by atoms with Crippen LogP contribution in [0, 0.1) is 0 Å². The van der Waals surface area contributed by atoms with Crippen LogP contribution in [0.2, 0.25) is 0 Å². The van der Waals surface area contributed by atoms with Gasteiger partial charge in [-0.3, -0.25) is 15.0 Å². The van der Waals surface area contributed by atoms with E-state index in [0.29, 0.717) is 52.2 Å². The Morgan fingerprint density at radius 3 is 0.671 bits per heavy atom. The number of aliphatic imine (C=N–C) groups is 3. The predicted octanol–water partition coefficient (Wildman–Crippen LogP) is 17.2. The maximum Gasteiger partial charge on any atom is 4.00 e. The van der Waals surface area contributed by atoms with Crippen molar-refractivity contribution >= 4 is 67.1 Å². The molecule has 0 spiro atoms. The van der Waals surface area contributed by atoms with Gasteiger partial charge in [0.2, 0.25) is 0 Å². The Balaban J connectivity index is 0.000000211. The zero-order valence-electron chi connectivity index (χ0n) is 48.8. The summed E-state index contributed by atoms with van der Waals surface area (Å²) in [5.41, 5.74) is 11.2. The molecule has 79 heavy (non-hydrogen) atoms. The van der Waals surface area contributed by atoms with Gasteiger partial charge in [-0.2, -0.15) is 14.1 Å². The SMILES string of the molecule is CC(C)c1cccc(C(C)C)c1N=C([O-])c1cccc2ccccc12.CC(C)c1cccc(C(C)C)c1N=C([O-])c1cccc2ccccc12.CC(C)c1cccc(C(C)C)c1N=C([O-])c1cccc2ccccc12.C[N-]C.[Zr+4]. The Morgan fingerprint density at radius 2 is 0.468 bits per heavy atom. The maximum atomic E-state index is 13.0. The van der Waals surface area contributed by atoms with Gasteiger partial charge < -0.3 is 20.6 Å². The van der Waals surface area contributed by atoms with E-state index < -0.39 is 0 Å². The molecule has 9 rings (SSSR count). The van der Waals surface area contributed by atoms with E-state index >= 15 is 0 Å². The fraction of sp³-hybridized carbons (Fsp3) is 0.282. The molecule has 0 aliphatic carbocycles. The molecular formula is C71H78N4O3Zr. The van der Waals surface area contributed by atoms with Crippen LogP contribution in [-0.4, -0.2) is 31.8 Å². The van der Waals surface area contributed by atoms with Gasteiger partial charge in [-0.25, -0.2) is 0 Å². The molecule has 0 saturated carbocycles. The number of para-hydroxylation sites is 3. The molecule has 0 N–H and O–H groups in total. The fourth-order valence-electron chi connectivity index (χ4n) is 9.64. The summed E-state index contributed by atoms with van der Waals surface area (Å²) in [5.74, 6) is 1.38. The minimum absolute atomic E-state index is 0. The minimum Gasteiger partial charge on any atom is -0.858 e. The van der Waals surface area contributed by atoms with E-state index in [9.17, 15) is 15.3 Å². The Labute approximate surface area is 490 Å². The number of rotatable bonds is 12. The van der Waals surface area contributed by atoms with Crippen molar-refractivity contribution in [3.05, 3.63) is 237 Å². The van der Waals surface area contributed by atoms with Crippen molar-refractivity contribution in [3.8, 4) is 0 Å². The molecule has 7 nitrogen and oxygen atoms in total. The molecule has 0 unspecified atom stereocenters. The number of hydrogen-bond acceptors (Lipinski definition) is 6. The third-order valence-corrected chi connectivity index (χ3v) is 13.7. The Kier molecular flexibility index (Phi) is 23.7. The number of benzene rings is 9. The Hall–Kier alpha value is -6.99. The fourth-order valence-corrected chi connectivity index (χ4v) is 9.64. The molecule has 0 heterocycles. The molecule has 0 radical (unpaired) electrons. The van der Waals surface area contributed by atoms with Crippen LogP contribution >= 0.6 is 0 Å². The van der Waals surface area contributed by atoms with E-state index in [1.165, 1.54) is 0 Å². The van der Waals surface area contributed by atoms with Crippen LogP contribution in [-0.2, 0) is 26.2 Å². The number of fused-ring (bicyclic) bond motifs is 3. The second-order valence-corrected chi connectivity index (χ2v) is 21.6. The average molecular weight is 1130 g/mol. The van der Waals surface area contributed by atoms with Crippen molar-refractivity contribution in [2.24, 2.45) is 15.0 Å². The quantitative estimate of drug-likeness (QED) is 0.0895. The van der Waals surface area contributed by atoms with Gasteiger partial charge in [0.25, 0.3) is 0 Å². The smallest absolute Gasteiger partial charge is 0.858 e. The monoisotopic (exact) mass is 1120 g/mol. The second kappa shape index (κ2) is 29.8. The summed E-state index contributed by atoms with van der Waals surface area (Å²) in [6, 6.07) is 59.9. The van der Waals surface area contributed by atoms with Gasteiger partial charge in [0.15, 0.2) is 0 Å². The number of nitrogens with zero attached hydrogens (tertiary/aromatic N) is 4. The van der Waals surface area contributed by atoms with Gasteiger partial charge in [-0.05, 0) is 136 Å². The van der Waals surface area contributed by atoms with Gasteiger partial charge in [0.05, 0.1) is 17.1 Å². The minimum atomic E-state index is -0.174. The molecule has 9 aromatic carbocycles. The summed E-state index contributed by atoms with van der Waals surface area (Å²) in [6.07, 6.45) is 0. The topological polar surface area (TPSA) is 120 Å². The Morgan fingerprint density at radius 1 is 0.291 bits per heavy atom. The van der Waals surface area contributed by atoms with E-state index in [0.717, 1.165) is 82.8 Å². The van der Waals surface area contributed by atoms with Crippen LogP contribution in [0.15, 0.2) is 197 Å². The molecule has 0 aromatic heterocycles. The predicted molar refractivity (Wildman–Crippen MR) is 330 cm³/mol. The first-order chi connectivity index (χ1) is 37.4. The summed E-state index contributed by atoms with van der Waals surface area (Å²) < 4.78 is 0. The first-order valence-electron chi connectivity index (χ1n) is 27.5. The molecule has 0 aliphatic heterocycles. The average Bonchev–Trinajstić information content (AvgIpc) is 3.44. The van der Waals surface area contributed by atoms with Gasteiger partial charge in [0.1, 0.15) is 0 Å². The normalized spacial score (nSPS) is 11.9. The molecule has 0 saturated heterocycles. The van der Waals surface area contributed by atoms with E-state index in [-0.39, 0.29) is 43.9 Å². The third-order valence-electron chi connectivity index (χ3n) is 13.7.